The molecule has 0 saturated carbocycles. The largest absolute Gasteiger partial charge is 0.372 e. The maximum atomic E-state index is 9.09. The molecule has 12 heavy (non-hydrogen) atoms. The first-order valence-corrected chi connectivity index (χ1v) is 5.00. The predicted octanol–water partition coefficient (Wildman–Crippen LogP) is 2.13. The van der Waals surface area contributed by atoms with E-state index in [0.29, 0.717) is 0 Å². The first-order valence-electron chi connectivity index (χ1n) is 4.05. The van der Waals surface area contributed by atoms with E-state index >= 15 is 0 Å². The fourth-order valence-electron chi connectivity index (χ4n) is 1.33. The minimum absolute atomic E-state index is 0.0820. The van der Waals surface area contributed by atoms with Gasteiger partial charge in [0.05, 0.1) is 0 Å². The summed E-state index contributed by atoms with van der Waals surface area (Å²) in [6.07, 6.45) is 0. The summed E-state index contributed by atoms with van der Waals surface area (Å²) >= 11 is 0. The average Bonchev–Trinajstić information content (AvgIpc) is 2.08. The van der Waals surface area contributed by atoms with E-state index in [1.807, 2.05) is 0 Å². The van der Waals surface area contributed by atoms with Crippen LogP contribution in [0, 0.1) is 27.7 Å². The molecule has 1 aromatic rings. The second-order valence-corrected chi connectivity index (χ2v) is 3.99. The molecule has 0 saturated heterocycles. The van der Waals surface area contributed by atoms with Crippen LogP contribution >= 0.6 is 8.81 Å². The van der Waals surface area contributed by atoms with Gasteiger partial charge in [0.15, 0.2) is 0 Å². The van der Waals surface area contributed by atoms with Crippen LogP contribution in [0.2, 0.25) is 0 Å². The summed E-state index contributed by atoms with van der Waals surface area (Å²) < 4.78 is 0. The standard InChI is InChI=1S/C10H15OP/c1-6-5-10(12-11)9(4)8(3)7(6)2/h5,11-12H,1-4H3. The van der Waals surface area contributed by atoms with Crippen LogP contribution in [0.1, 0.15) is 22.3 Å². The normalized spacial score (nSPS) is 11.4. The number of benzene rings is 1. The van der Waals surface area contributed by atoms with Crippen molar-refractivity contribution < 1.29 is 4.89 Å². The third-order valence-electron chi connectivity index (χ3n) is 2.60. The van der Waals surface area contributed by atoms with Crippen LogP contribution in [-0.4, -0.2) is 4.89 Å². The fraction of sp³-hybridized carbons (Fsp3) is 0.400. The number of hydrogen-bond acceptors (Lipinski definition) is 1. The molecule has 0 aromatic heterocycles. The lowest BCUT2D eigenvalue weighted by molar-refractivity contribution is 0.654. The summed E-state index contributed by atoms with van der Waals surface area (Å²) in [5.41, 5.74) is 5.16. The molecular formula is C10H15OP. The molecule has 1 unspecified atom stereocenters. The first-order chi connectivity index (χ1) is 5.57. The molecule has 0 fully saturated rings. The quantitative estimate of drug-likeness (QED) is 0.660. The molecule has 1 nitrogen and oxygen atoms in total. The van der Waals surface area contributed by atoms with E-state index in [1.165, 1.54) is 22.3 Å². The lowest BCUT2D eigenvalue weighted by Gasteiger charge is -2.11. The zero-order valence-electron chi connectivity index (χ0n) is 8.02. The Labute approximate surface area is 75.7 Å². The van der Waals surface area contributed by atoms with Crippen LogP contribution in [0.4, 0.5) is 0 Å². The number of aryl methyl sites for hydroxylation is 1. The van der Waals surface area contributed by atoms with Crippen molar-refractivity contribution in [2.24, 2.45) is 0 Å². The highest BCUT2D eigenvalue weighted by Gasteiger charge is 2.05. The van der Waals surface area contributed by atoms with Gasteiger partial charge in [-0.2, -0.15) is 0 Å². The third-order valence-corrected chi connectivity index (χ3v) is 3.36. The van der Waals surface area contributed by atoms with Crippen LogP contribution in [0.25, 0.3) is 0 Å². The molecule has 1 aromatic carbocycles. The molecule has 66 valence electrons. The van der Waals surface area contributed by atoms with E-state index in [-0.39, 0.29) is 8.81 Å². The Morgan fingerprint density at radius 3 is 2.08 bits per heavy atom. The summed E-state index contributed by atoms with van der Waals surface area (Å²) in [5.74, 6) is 0. The minimum Gasteiger partial charge on any atom is -0.372 e. The lowest BCUT2D eigenvalue weighted by atomic mass is 10.00. The van der Waals surface area contributed by atoms with Crippen molar-refractivity contribution in [3.05, 3.63) is 28.3 Å². The molecular weight excluding hydrogens is 167 g/mol. The summed E-state index contributed by atoms with van der Waals surface area (Å²) in [7, 11) is -0.0820. The Kier molecular flexibility index (Phi) is 2.87. The highest BCUT2D eigenvalue weighted by atomic mass is 31.1. The van der Waals surface area contributed by atoms with Gasteiger partial charge < -0.3 is 4.89 Å². The van der Waals surface area contributed by atoms with Crippen LogP contribution in [0.5, 0.6) is 0 Å². The first kappa shape index (κ1) is 9.70. The SMILES string of the molecule is Cc1cc(PO)c(C)c(C)c1C. The Hall–Kier alpha value is -0.390. The van der Waals surface area contributed by atoms with Gasteiger partial charge in [-0.1, -0.05) is 0 Å². The lowest BCUT2D eigenvalue weighted by Crippen LogP contribution is -2.05. The van der Waals surface area contributed by atoms with E-state index in [9.17, 15) is 0 Å². The zero-order valence-corrected chi connectivity index (χ0v) is 9.02. The zero-order chi connectivity index (χ0) is 9.30. The van der Waals surface area contributed by atoms with E-state index in [2.05, 4.69) is 33.8 Å². The summed E-state index contributed by atoms with van der Waals surface area (Å²) in [6, 6.07) is 2.08. The molecule has 0 aliphatic rings. The fourth-order valence-corrected chi connectivity index (χ4v) is 1.96. The second-order valence-electron chi connectivity index (χ2n) is 3.23. The molecule has 0 aliphatic carbocycles. The van der Waals surface area contributed by atoms with Crippen molar-refractivity contribution in [3.63, 3.8) is 0 Å². The van der Waals surface area contributed by atoms with E-state index < -0.39 is 0 Å². The molecule has 1 atom stereocenters. The van der Waals surface area contributed by atoms with Gasteiger partial charge in [0, 0.05) is 14.1 Å². The molecule has 0 radical (unpaired) electrons. The van der Waals surface area contributed by atoms with Gasteiger partial charge in [-0.25, -0.2) is 0 Å². The maximum absolute atomic E-state index is 9.09. The number of hydrogen-bond donors (Lipinski definition) is 1. The van der Waals surface area contributed by atoms with Gasteiger partial charge in [0.2, 0.25) is 0 Å². The van der Waals surface area contributed by atoms with Gasteiger partial charge in [0.1, 0.15) is 0 Å². The van der Waals surface area contributed by atoms with Crippen molar-refractivity contribution in [1.82, 2.24) is 0 Å². The van der Waals surface area contributed by atoms with Gasteiger partial charge in [-0.3, -0.25) is 0 Å². The molecule has 1 rings (SSSR count). The Morgan fingerprint density at radius 1 is 1.00 bits per heavy atom. The molecule has 0 bridgehead atoms. The van der Waals surface area contributed by atoms with Crippen LogP contribution in [0.15, 0.2) is 6.07 Å². The number of rotatable bonds is 1. The molecule has 0 heterocycles. The Balaban J connectivity index is 3.39. The predicted molar refractivity (Wildman–Crippen MR) is 55.6 cm³/mol. The highest BCUT2D eigenvalue weighted by molar-refractivity contribution is 7.41. The third kappa shape index (κ3) is 1.53. The summed E-state index contributed by atoms with van der Waals surface area (Å²) in [4.78, 5) is 9.09. The van der Waals surface area contributed by atoms with Crippen LogP contribution in [-0.2, 0) is 0 Å². The molecule has 0 amide bonds. The topological polar surface area (TPSA) is 20.2 Å². The van der Waals surface area contributed by atoms with Crippen LogP contribution in [0.3, 0.4) is 0 Å². The van der Waals surface area contributed by atoms with Crippen molar-refractivity contribution in [2.75, 3.05) is 0 Å². The van der Waals surface area contributed by atoms with Crippen molar-refractivity contribution in [1.29, 1.82) is 0 Å². The van der Waals surface area contributed by atoms with E-state index in [1.54, 1.807) is 0 Å². The highest BCUT2D eigenvalue weighted by Crippen LogP contribution is 2.19. The second kappa shape index (κ2) is 3.55. The van der Waals surface area contributed by atoms with Gasteiger partial charge in [-0.05, 0) is 56.0 Å². The van der Waals surface area contributed by atoms with Crippen molar-refractivity contribution in [2.45, 2.75) is 27.7 Å². The summed E-state index contributed by atoms with van der Waals surface area (Å²) in [5, 5.41) is 1.08. The van der Waals surface area contributed by atoms with Gasteiger partial charge in [-0.15, -0.1) is 0 Å². The molecule has 2 heteroatoms. The Morgan fingerprint density at radius 2 is 1.58 bits per heavy atom. The van der Waals surface area contributed by atoms with Gasteiger partial charge >= 0.3 is 0 Å². The van der Waals surface area contributed by atoms with E-state index in [0.717, 1.165) is 5.30 Å². The maximum Gasteiger partial charge on any atom is 0.0422 e. The monoisotopic (exact) mass is 182 g/mol. The smallest absolute Gasteiger partial charge is 0.0422 e. The molecule has 1 N–H and O–H groups in total. The average molecular weight is 182 g/mol. The van der Waals surface area contributed by atoms with Crippen LogP contribution < -0.4 is 5.30 Å². The molecule has 0 spiro atoms. The van der Waals surface area contributed by atoms with Crippen molar-refractivity contribution >= 4 is 14.1 Å². The van der Waals surface area contributed by atoms with Gasteiger partial charge in [0.25, 0.3) is 0 Å². The Bertz CT molecular complexity index is 305. The molecule has 0 aliphatic heterocycles. The van der Waals surface area contributed by atoms with Crippen molar-refractivity contribution in [3.8, 4) is 0 Å². The summed E-state index contributed by atoms with van der Waals surface area (Å²) in [6.45, 7) is 8.40. The van der Waals surface area contributed by atoms with E-state index in [4.69, 9.17) is 4.89 Å². The minimum atomic E-state index is -0.0820.